The average molecular weight is 704 g/mol. The first-order valence-electron chi connectivity index (χ1n) is 16.0. The third-order valence-electron chi connectivity index (χ3n) is 7.44. The summed E-state index contributed by atoms with van der Waals surface area (Å²) >= 11 is 0. The van der Waals surface area contributed by atoms with E-state index in [-0.39, 0.29) is 11.6 Å². The summed E-state index contributed by atoms with van der Waals surface area (Å²) in [6.45, 7) is 14.3. The summed E-state index contributed by atoms with van der Waals surface area (Å²) in [7, 11) is -4.40. The van der Waals surface area contributed by atoms with Crippen molar-refractivity contribution in [1.29, 1.82) is 0 Å². The van der Waals surface area contributed by atoms with Crippen molar-refractivity contribution in [2.24, 2.45) is 11.8 Å². The van der Waals surface area contributed by atoms with Crippen molar-refractivity contribution in [1.82, 2.24) is 19.7 Å². The van der Waals surface area contributed by atoms with E-state index >= 15 is 0 Å². The summed E-state index contributed by atoms with van der Waals surface area (Å²) in [5.41, 5.74) is 4.55. The fourth-order valence-corrected chi connectivity index (χ4v) is 6.50. The lowest BCUT2D eigenvalue weighted by atomic mass is 9.95. The van der Waals surface area contributed by atoms with Gasteiger partial charge in [-0.05, 0) is 58.9 Å². The molecule has 0 radical (unpaired) electrons. The van der Waals surface area contributed by atoms with Gasteiger partial charge in [-0.1, -0.05) is 45.9 Å². The molecule has 49 heavy (non-hydrogen) atoms. The van der Waals surface area contributed by atoms with Crippen molar-refractivity contribution in [2.75, 3.05) is 12.3 Å². The van der Waals surface area contributed by atoms with E-state index in [0.717, 1.165) is 0 Å². The predicted octanol–water partition coefficient (Wildman–Crippen LogP) is 4.80. The Morgan fingerprint density at radius 2 is 1.63 bits per heavy atom. The molecule has 3 aromatic rings. The van der Waals surface area contributed by atoms with Crippen molar-refractivity contribution < 1.29 is 46.9 Å². The molecule has 6 atom stereocenters. The van der Waals surface area contributed by atoms with Crippen molar-refractivity contribution in [3.63, 3.8) is 0 Å². The van der Waals surface area contributed by atoms with Gasteiger partial charge in [0.05, 0.1) is 24.1 Å². The molecule has 268 valence electrons. The molecular formula is C33H46N5O10P. The number of fused-ring (bicyclic) bond motifs is 1. The summed E-state index contributed by atoms with van der Waals surface area (Å²) in [6, 6.07) is 10.5. The smallest absolute Gasteiger partial charge is 0.459 e. The van der Waals surface area contributed by atoms with Crippen LogP contribution in [0.4, 0.5) is 5.82 Å². The molecule has 15 nitrogen and oxygen atoms in total. The van der Waals surface area contributed by atoms with E-state index in [1.54, 1.807) is 97.9 Å². The number of para-hydroxylation sites is 1. The Morgan fingerprint density at radius 3 is 2.24 bits per heavy atom. The van der Waals surface area contributed by atoms with Crippen LogP contribution in [-0.4, -0.2) is 68.6 Å². The molecule has 1 aliphatic heterocycles. The molecule has 0 unspecified atom stereocenters. The van der Waals surface area contributed by atoms with Crippen molar-refractivity contribution in [2.45, 2.75) is 97.9 Å². The quantitative estimate of drug-likeness (QED) is 0.140. The van der Waals surface area contributed by atoms with E-state index in [1.807, 2.05) is 0 Å². The number of carbonyl (C=O) groups is 3. The lowest BCUT2D eigenvalue weighted by Gasteiger charge is -2.33. The summed E-state index contributed by atoms with van der Waals surface area (Å²) in [5.74, 6) is -2.57. The second-order valence-electron chi connectivity index (χ2n) is 13.7. The highest BCUT2D eigenvalue weighted by Gasteiger charge is 2.59. The number of nitrogens with two attached hydrogens (primary N) is 1. The second kappa shape index (κ2) is 14.8. The summed E-state index contributed by atoms with van der Waals surface area (Å²) in [4.78, 5) is 43.1. The molecular weight excluding hydrogens is 657 g/mol. The zero-order chi connectivity index (χ0) is 36.3. The summed E-state index contributed by atoms with van der Waals surface area (Å²) in [5, 5.41) is 6.97. The van der Waals surface area contributed by atoms with Gasteiger partial charge < -0.3 is 29.2 Å². The van der Waals surface area contributed by atoms with E-state index in [0.29, 0.717) is 11.2 Å². The van der Waals surface area contributed by atoms with Crippen LogP contribution in [-0.2, 0) is 42.4 Å². The van der Waals surface area contributed by atoms with Gasteiger partial charge in [0.2, 0.25) is 0 Å². The Hall–Kier alpha value is -4.04. The molecule has 1 fully saturated rings. The van der Waals surface area contributed by atoms with Crippen LogP contribution < -0.4 is 15.3 Å². The van der Waals surface area contributed by atoms with Crippen LogP contribution in [0.2, 0.25) is 0 Å². The van der Waals surface area contributed by atoms with Gasteiger partial charge in [-0.25, -0.2) is 14.1 Å². The zero-order valence-corrected chi connectivity index (χ0v) is 30.1. The molecule has 1 aromatic carbocycles. The largest absolute Gasteiger partial charge is 0.459 e. The number of esters is 3. The second-order valence-corrected chi connectivity index (χ2v) is 15.4. The molecule has 3 N–H and O–H groups in total. The van der Waals surface area contributed by atoms with Gasteiger partial charge in [0.15, 0.2) is 18.0 Å². The highest BCUT2D eigenvalue weighted by atomic mass is 31.2. The lowest BCUT2D eigenvalue weighted by Crippen LogP contribution is -2.49. The number of ether oxygens (including phenoxy) is 4. The Bertz CT molecular complexity index is 1690. The van der Waals surface area contributed by atoms with E-state index < -0.39 is 79.7 Å². The number of anilines is 1. The highest BCUT2D eigenvalue weighted by Crippen LogP contribution is 2.50. The summed E-state index contributed by atoms with van der Waals surface area (Å²) in [6.07, 6.45) is -2.28. The minimum absolute atomic E-state index is 0.188. The molecule has 0 bridgehead atoms. The Kier molecular flexibility index (Phi) is 11.4. The topological polar surface area (TPSA) is 192 Å². The van der Waals surface area contributed by atoms with Gasteiger partial charge in [0.1, 0.15) is 40.9 Å². The Balaban J connectivity index is 1.75. The molecule has 2 aromatic heterocycles. The number of nitrogens with zero attached hydrogens (tertiary/aromatic N) is 3. The molecule has 1 saturated heterocycles. The van der Waals surface area contributed by atoms with Crippen LogP contribution >= 0.6 is 7.75 Å². The first kappa shape index (κ1) is 37.8. The van der Waals surface area contributed by atoms with E-state index in [4.69, 9.17) is 33.7 Å². The number of hydrogen-bond acceptors (Lipinski definition) is 13. The number of nitrogens with one attached hydrogen (secondary N) is 1. The number of aromatic nitrogens is 3. The van der Waals surface area contributed by atoms with Crippen LogP contribution in [0.3, 0.4) is 0 Å². The standard InChI is InChI=1S/C33H46N5O10P/c1-19(2)29(39)44-26-25(23-15-16-24-28(34)35-18-36-38(23)24)46-33(9,27(26)45-30(40)20(3)4)17-43-49(42,48-22-13-11-10-12-14-22)37-21(5)31(41)47-32(6,7)8/h10-16,18-21,25-27H,17H2,1-9H3,(H,37,42)(H2,34,35,36)/t21-,25-,26-,27-,33+,49-/m0/s1. The third-order valence-corrected chi connectivity index (χ3v) is 9.06. The first-order chi connectivity index (χ1) is 22.8. The molecule has 1 aliphatic rings. The predicted molar refractivity (Wildman–Crippen MR) is 178 cm³/mol. The maximum Gasteiger partial charge on any atom is 0.459 e. The molecule has 0 spiro atoms. The minimum Gasteiger partial charge on any atom is -0.459 e. The van der Waals surface area contributed by atoms with E-state index in [2.05, 4.69) is 15.2 Å². The highest BCUT2D eigenvalue weighted by molar-refractivity contribution is 7.52. The van der Waals surface area contributed by atoms with Crippen molar-refractivity contribution in [3.8, 4) is 5.75 Å². The number of rotatable bonds is 13. The fourth-order valence-electron chi connectivity index (χ4n) is 4.91. The normalized spacial score (nSPS) is 22.9. The van der Waals surface area contributed by atoms with Gasteiger partial charge >= 0.3 is 25.7 Å². The van der Waals surface area contributed by atoms with Crippen LogP contribution in [0, 0.1) is 11.8 Å². The number of hydrogen-bond donors (Lipinski definition) is 2. The van der Waals surface area contributed by atoms with Crippen LogP contribution in [0.25, 0.3) is 5.52 Å². The molecule has 0 saturated carbocycles. The molecule has 4 rings (SSSR count). The fraction of sp³-hybridized carbons (Fsp3) is 0.545. The first-order valence-corrected chi connectivity index (χ1v) is 17.5. The SMILES string of the molecule is CC(C)C(=O)O[C@H]1[C@H](c2ccc3c(N)ncnn23)O[C@](C)(CO[P@@](=O)(N[C@@H](C)C(=O)OC(C)(C)C)Oc2ccccc2)[C@H]1OC(=O)C(C)C. The number of benzene rings is 1. The molecule has 16 heteroatoms. The maximum absolute atomic E-state index is 14.4. The Morgan fingerprint density at radius 1 is 1.00 bits per heavy atom. The van der Waals surface area contributed by atoms with Gasteiger partial charge in [0, 0.05) is 0 Å². The monoisotopic (exact) mass is 703 g/mol. The number of nitrogen functional groups attached to an aromatic ring is 1. The van der Waals surface area contributed by atoms with Gasteiger partial charge in [-0.3, -0.25) is 18.9 Å². The summed E-state index contributed by atoms with van der Waals surface area (Å²) < 4.78 is 51.8. The maximum atomic E-state index is 14.4. The van der Waals surface area contributed by atoms with E-state index in [1.165, 1.54) is 17.8 Å². The molecule has 0 amide bonds. The molecule has 3 heterocycles. The van der Waals surface area contributed by atoms with Crippen LogP contribution in [0.15, 0.2) is 48.8 Å². The average Bonchev–Trinajstić information content (AvgIpc) is 3.55. The van der Waals surface area contributed by atoms with Crippen LogP contribution in [0.5, 0.6) is 5.75 Å². The van der Waals surface area contributed by atoms with Gasteiger partial charge in [-0.15, -0.1) is 0 Å². The van der Waals surface area contributed by atoms with Gasteiger partial charge in [0.25, 0.3) is 0 Å². The lowest BCUT2D eigenvalue weighted by molar-refractivity contribution is -0.175. The minimum atomic E-state index is -4.40. The zero-order valence-electron chi connectivity index (χ0n) is 29.2. The molecule has 0 aliphatic carbocycles. The number of carbonyl (C=O) groups excluding carboxylic acids is 3. The van der Waals surface area contributed by atoms with E-state index in [9.17, 15) is 18.9 Å². The Labute approximate surface area is 285 Å². The van der Waals surface area contributed by atoms with Crippen LogP contribution in [0.1, 0.15) is 74.1 Å². The van der Waals surface area contributed by atoms with Gasteiger partial charge in [-0.2, -0.15) is 10.2 Å². The third kappa shape index (κ3) is 9.15. The van der Waals surface area contributed by atoms with Crippen molar-refractivity contribution in [3.05, 3.63) is 54.5 Å². The van der Waals surface area contributed by atoms with Crippen molar-refractivity contribution >= 4 is 37.0 Å².